The normalized spacial score (nSPS) is 21.4. The molecule has 0 spiro atoms. The van der Waals surface area contributed by atoms with Crippen molar-refractivity contribution in [1.29, 1.82) is 0 Å². The third-order valence-electron chi connectivity index (χ3n) is 2.39. The minimum Gasteiger partial charge on any atom is -0.383 e. The first-order chi connectivity index (χ1) is 6.79. The van der Waals surface area contributed by atoms with Gasteiger partial charge in [-0.05, 0) is 18.4 Å². The van der Waals surface area contributed by atoms with Crippen LogP contribution in [0.15, 0.2) is 4.99 Å². The molecular formula is C9H19N3OS. The van der Waals surface area contributed by atoms with E-state index >= 15 is 0 Å². The summed E-state index contributed by atoms with van der Waals surface area (Å²) in [7, 11) is 1.71. The lowest BCUT2D eigenvalue weighted by molar-refractivity contribution is 0.165. The maximum atomic E-state index is 5.80. The summed E-state index contributed by atoms with van der Waals surface area (Å²) < 4.78 is 5.05. The smallest absolute Gasteiger partial charge is 0.191 e. The van der Waals surface area contributed by atoms with Gasteiger partial charge in [-0.1, -0.05) is 0 Å². The number of hydrogen-bond donors (Lipinski definition) is 1. The Balaban J connectivity index is 2.36. The fraction of sp³-hybridized carbons (Fsp3) is 0.889. The summed E-state index contributed by atoms with van der Waals surface area (Å²) in [6.45, 7) is 2.41. The van der Waals surface area contributed by atoms with Gasteiger partial charge in [0.2, 0.25) is 0 Å². The van der Waals surface area contributed by atoms with Crippen molar-refractivity contribution in [2.24, 2.45) is 10.7 Å². The van der Waals surface area contributed by atoms with Gasteiger partial charge in [0.1, 0.15) is 0 Å². The van der Waals surface area contributed by atoms with Crippen molar-refractivity contribution in [2.45, 2.75) is 12.5 Å². The summed E-state index contributed by atoms with van der Waals surface area (Å²) in [5.41, 5.74) is 5.80. The molecule has 1 rings (SSSR count). The minimum absolute atomic E-state index is 0.484. The van der Waals surface area contributed by atoms with Crippen molar-refractivity contribution < 1.29 is 4.74 Å². The molecule has 5 heteroatoms. The summed E-state index contributed by atoms with van der Waals surface area (Å²) in [4.78, 5) is 6.41. The van der Waals surface area contributed by atoms with Crippen LogP contribution in [0, 0.1) is 0 Å². The summed E-state index contributed by atoms with van der Waals surface area (Å²) in [5.74, 6) is 1.84. The van der Waals surface area contributed by atoms with Gasteiger partial charge < -0.3 is 15.4 Å². The van der Waals surface area contributed by atoms with Crippen LogP contribution in [-0.2, 0) is 4.74 Å². The Bertz CT molecular complexity index is 198. The average Bonchev–Trinajstić information content (AvgIpc) is 2.53. The number of hydrogen-bond acceptors (Lipinski definition) is 5. The van der Waals surface area contributed by atoms with Gasteiger partial charge in [-0.2, -0.15) is 11.8 Å². The molecule has 2 N–H and O–H groups in total. The SMILES string of the molecule is COCCN1C(N)=NCC1CCSC. The number of nitrogens with zero attached hydrogens (tertiary/aromatic N) is 2. The zero-order valence-corrected chi connectivity index (χ0v) is 9.72. The highest BCUT2D eigenvalue weighted by Gasteiger charge is 2.24. The zero-order chi connectivity index (χ0) is 10.4. The van der Waals surface area contributed by atoms with Crippen molar-refractivity contribution in [3.05, 3.63) is 0 Å². The Hall–Kier alpha value is -0.420. The molecule has 0 saturated carbocycles. The Morgan fingerprint density at radius 3 is 3.14 bits per heavy atom. The van der Waals surface area contributed by atoms with Crippen LogP contribution in [0.25, 0.3) is 0 Å². The number of aliphatic imine (C=N–C) groups is 1. The highest BCUT2D eigenvalue weighted by Crippen LogP contribution is 2.13. The molecular weight excluding hydrogens is 198 g/mol. The third kappa shape index (κ3) is 3.06. The molecule has 0 saturated heterocycles. The zero-order valence-electron chi connectivity index (χ0n) is 8.90. The van der Waals surface area contributed by atoms with Crippen molar-refractivity contribution >= 4 is 17.7 Å². The Morgan fingerprint density at radius 1 is 1.71 bits per heavy atom. The molecule has 0 aromatic carbocycles. The van der Waals surface area contributed by atoms with Crippen molar-refractivity contribution in [3.63, 3.8) is 0 Å². The van der Waals surface area contributed by atoms with Crippen LogP contribution in [0.3, 0.4) is 0 Å². The quantitative estimate of drug-likeness (QED) is 0.699. The maximum Gasteiger partial charge on any atom is 0.191 e. The number of thioether (sulfide) groups is 1. The lowest BCUT2D eigenvalue weighted by Crippen LogP contribution is -2.42. The molecule has 0 aromatic heterocycles. The van der Waals surface area contributed by atoms with E-state index in [0.717, 1.165) is 25.3 Å². The van der Waals surface area contributed by atoms with Crippen LogP contribution in [0.4, 0.5) is 0 Å². The van der Waals surface area contributed by atoms with Gasteiger partial charge in [0.25, 0.3) is 0 Å². The molecule has 0 amide bonds. The van der Waals surface area contributed by atoms with E-state index in [1.54, 1.807) is 7.11 Å². The number of rotatable bonds is 6. The number of methoxy groups -OCH3 is 1. The molecule has 0 bridgehead atoms. The highest BCUT2D eigenvalue weighted by atomic mass is 32.2. The first-order valence-corrected chi connectivity index (χ1v) is 6.23. The molecule has 1 aliphatic heterocycles. The second-order valence-electron chi connectivity index (χ2n) is 3.32. The van der Waals surface area contributed by atoms with Crippen LogP contribution >= 0.6 is 11.8 Å². The van der Waals surface area contributed by atoms with Gasteiger partial charge in [-0.25, -0.2) is 0 Å². The molecule has 1 aliphatic rings. The number of nitrogens with two attached hydrogens (primary N) is 1. The largest absolute Gasteiger partial charge is 0.383 e. The third-order valence-corrected chi connectivity index (χ3v) is 3.03. The maximum absolute atomic E-state index is 5.80. The average molecular weight is 217 g/mol. The van der Waals surface area contributed by atoms with Gasteiger partial charge >= 0.3 is 0 Å². The fourth-order valence-electron chi connectivity index (χ4n) is 1.56. The van der Waals surface area contributed by atoms with Crippen LogP contribution < -0.4 is 5.73 Å². The first kappa shape index (κ1) is 11.7. The summed E-state index contributed by atoms with van der Waals surface area (Å²) in [6, 6.07) is 0.484. The minimum atomic E-state index is 0.484. The fourth-order valence-corrected chi connectivity index (χ4v) is 2.07. The van der Waals surface area contributed by atoms with Gasteiger partial charge in [0.05, 0.1) is 19.2 Å². The molecule has 0 fully saturated rings. The number of ether oxygens (including phenoxy) is 1. The van der Waals surface area contributed by atoms with Crippen LogP contribution in [0.5, 0.6) is 0 Å². The molecule has 1 unspecified atom stereocenters. The second kappa shape index (κ2) is 6.14. The molecule has 0 aliphatic carbocycles. The van der Waals surface area contributed by atoms with Gasteiger partial charge in [0.15, 0.2) is 5.96 Å². The van der Waals surface area contributed by atoms with E-state index in [4.69, 9.17) is 10.5 Å². The Morgan fingerprint density at radius 2 is 2.50 bits per heavy atom. The molecule has 1 atom stereocenters. The monoisotopic (exact) mass is 217 g/mol. The van der Waals surface area contributed by atoms with E-state index in [-0.39, 0.29) is 0 Å². The van der Waals surface area contributed by atoms with E-state index in [1.807, 2.05) is 11.8 Å². The van der Waals surface area contributed by atoms with E-state index in [0.29, 0.717) is 18.6 Å². The molecule has 1 heterocycles. The second-order valence-corrected chi connectivity index (χ2v) is 4.31. The molecule has 4 nitrogen and oxygen atoms in total. The van der Waals surface area contributed by atoms with Gasteiger partial charge in [0, 0.05) is 13.7 Å². The number of guanidine groups is 1. The van der Waals surface area contributed by atoms with E-state index in [2.05, 4.69) is 16.1 Å². The van der Waals surface area contributed by atoms with Crippen molar-refractivity contribution in [3.8, 4) is 0 Å². The van der Waals surface area contributed by atoms with Crippen LogP contribution in [-0.4, -0.2) is 55.7 Å². The van der Waals surface area contributed by atoms with Crippen molar-refractivity contribution in [1.82, 2.24) is 4.90 Å². The lowest BCUT2D eigenvalue weighted by Gasteiger charge is -2.25. The van der Waals surface area contributed by atoms with E-state index in [1.165, 1.54) is 0 Å². The van der Waals surface area contributed by atoms with E-state index < -0.39 is 0 Å². The molecule has 82 valence electrons. The summed E-state index contributed by atoms with van der Waals surface area (Å²) >= 11 is 1.87. The first-order valence-electron chi connectivity index (χ1n) is 4.84. The predicted octanol–water partition coefficient (Wildman–Crippen LogP) is 0.385. The Labute approximate surface area is 89.9 Å². The van der Waals surface area contributed by atoms with Crippen LogP contribution in [0.2, 0.25) is 0 Å². The van der Waals surface area contributed by atoms with E-state index in [9.17, 15) is 0 Å². The predicted molar refractivity (Wildman–Crippen MR) is 61.9 cm³/mol. The highest BCUT2D eigenvalue weighted by molar-refractivity contribution is 7.98. The lowest BCUT2D eigenvalue weighted by atomic mass is 10.2. The summed E-state index contributed by atoms with van der Waals surface area (Å²) in [5, 5.41) is 0. The Kier molecular flexibility index (Phi) is 5.11. The standard InChI is InChI=1S/C9H19N3OS/c1-13-5-4-12-8(3-6-14-2)7-11-9(12)10/h8H,3-7H2,1-2H3,(H2,10,11). The van der Waals surface area contributed by atoms with Gasteiger partial charge in [-0.15, -0.1) is 0 Å². The van der Waals surface area contributed by atoms with Gasteiger partial charge in [-0.3, -0.25) is 4.99 Å². The summed E-state index contributed by atoms with van der Waals surface area (Å²) in [6.07, 6.45) is 3.27. The van der Waals surface area contributed by atoms with Crippen molar-refractivity contribution in [2.75, 3.05) is 38.8 Å². The molecule has 0 radical (unpaired) electrons. The molecule has 14 heavy (non-hydrogen) atoms. The van der Waals surface area contributed by atoms with Crippen LogP contribution in [0.1, 0.15) is 6.42 Å². The molecule has 0 aromatic rings. The topological polar surface area (TPSA) is 50.9 Å².